The zero-order chi connectivity index (χ0) is 23.6. The molecule has 2 heterocycles. The first-order valence-electron chi connectivity index (χ1n) is 10.1. The van der Waals surface area contributed by atoms with Gasteiger partial charge in [0, 0.05) is 18.2 Å². The standard InChI is InChI=1S/C23H24ClFN2O5/c1-12(2)7-15(11-28)27-10-17(23(30)31)20(29)16-9-14(22(32-3)26-21(16)27)8-13-5-4-6-18(24)19(13)25/h4-6,9-10,12,15,28H,7-8,11H2,1-3H3,(H,30,31)/t15-/m0/s1. The van der Waals surface area contributed by atoms with Crippen molar-refractivity contribution in [2.75, 3.05) is 13.7 Å². The molecule has 9 heteroatoms. The lowest BCUT2D eigenvalue weighted by molar-refractivity contribution is 0.0694. The first-order chi connectivity index (χ1) is 15.2. The maximum Gasteiger partial charge on any atom is 0.341 e. The molecule has 0 amide bonds. The Bertz CT molecular complexity index is 1230. The van der Waals surface area contributed by atoms with Gasteiger partial charge in [0.25, 0.3) is 0 Å². The summed E-state index contributed by atoms with van der Waals surface area (Å²) in [6.07, 6.45) is 1.77. The van der Waals surface area contributed by atoms with Crippen molar-refractivity contribution in [1.82, 2.24) is 9.55 Å². The molecule has 0 unspecified atom stereocenters. The molecule has 0 bridgehead atoms. The number of carboxylic acid groups (broad SMARTS) is 1. The molecule has 7 nitrogen and oxygen atoms in total. The third-order valence-electron chi connectivity index (χ3n) is 5.23. The second-order valence-corrected chi connectivity index (χ2v) is 8.38. The van der Waals surface area contributed by atoms with Gasteiger partial charge in [-0.2, -0.15) is 4.98 Å². The molecule has 0 aliphatic carbocycles. The number of halogens is 2. The highest BCUT2D eigenvalue weighted by Crippen LogP contribution is 2.29. The van der Waals surface area contributed by atoms with E-state index in [0.717, 1.165) is 0 Å². The Morgan fingerprint density at radius 2 is 2.03 bits per heavy atom. The molecule has 3 rings (SSSR count). The second-order valence-electron chi connectivity index (χ2n) is 7.97. The number of aliphatic hydroxyl groups excluding tert-OH is 1. The minimum atomic E-state index is -1.38. The number of aliphatic hydroxyl groups is 1. The van der Waals surface area contributed by atoms with Crippen LogP contribution in [0.5, 0.6) is 5.88 Å². The van der Waals surface area contributed by atoms with Gasteiger partial charge in [0.1, 0.15) is 17.0 Å². The van der Waals surface area contributed by atoms with Crippen molar-refractivity contribution in [1.29, 1.82) is 0 Å². The Hall–Kier alpha value is -2.97. The smallest absolute Gasteiger partial charge is 0.341 e. The highest BCUT2D eigenvalue weighted by molar-refractivity contribution is 6.30. The van der Waals surface area contributed by atoms with Gasteiger partial charge in [-0.25, -0.2) is 9.18 Å². The number of ether oxygens (including phenoxy) is 1. The highest BCUT2D eigenvalue weighted by Gasteiger charge is 2.23. The summed E-state index contributed by atoms with van der Waals surface area (Å²) in [5.74, 6) is -1.62. The van der Waals surface area contributed by atoms with Gasteiger partial charge in [-0.3, -0.25) is 4.79 Å². The molecule has 32 heavy (non-hydrogen) atoms. The van der Waals surface area contributed by atoms with E-state index in [2.05, 4.69) is 4.98 Å². The lowest BCUT2D eigenvalue weighted by Gasteiger charge is -2.23. The quantitative estimate of drug-likeness (QED) is 0.523. The molecular formula is C23H24ClFN2O5. The predicted octanol–water partition coefficient (Wildman–Crippen LogP) is 4.07. The van der Waals surface area contributed by atoms with E-state index in [-0.39, 0.29) is 46.4 Å². The number of carbonyl (C=O) groups is 1. The van der Waals surface area contributed by atoms with E-state index in [1.54, 1.807) is 12.1 Å². The largest absolute Gasteiger partial charge is 0.481 e. The molecule has 0 saturated heterocycles. The van der Waals surface area contributed by atoms with Crippen LogP contribution in [0, 0.1) is 11.7 Å². The van der Waals surface area contributed by atoms with Gasteiger partial charge in [0.15, 0.2) is 0 Å². The number of hydrogen-bond acceptors (Lipinski definition) is 5. The van der Waals surface area contributed by atoms with Crippen LogP contribution < -0.4 is 10.2 Å². The maximum atomic E-state index is 14.5. The fraction of sp³-hybridized carbons (Fsp3) is 0.348. The molecule has 0 fully saturated rings. The molecule has 0 radical (unpaired) electrons. The number of hydrogen-bond donors (Lipinski definition) is 2. The first kappa shape index (κ1) is 23.7. The number of aromatic carboxylic acids is 1. The summed E-state index contributed by atoms with van der Waals surface area (Å²) in [5.41, 5.74) is -0.289. The van der Waals surface area contributed by atoms with E-state index in [4.69, 9.17) is 16.3 Å². The summed E-state index contributed by atoms with van der Waals surface area (Å²) in [7, 11) is 1.40. The van der Waals surface area contributed by atoms with Gasteiger partial charge in [-0.05, 0) is 30.0 Å². The van der Waals surface area contributed by atoms with E-state index in [1.165, 1.54) is 30.0 Å². The number of nitrogens with zero attached hydrogens (tertiary/aromatic N) is 2. The Morgan fingerprint density at radius 3 is 2.62 bits per heavy atom. The fourth-order valence-electron chi connectivity index (χ4n) is 3.74. The zero-order valence-electron chi connectivity index (χ0n) is 17.9. The molecule has 0 aliphatic heterocycles. The molecule has 0 spiro atoms. The van der Waals surface area contributed by atoms with Crippen LogP contribution in [0.25, 0.3) is 11.0 Å². The van der Waals surface area contributed by atoms with Gasteiger partial charge in [0.2, 0.25) is 11.3 Å². The average Bonchev–Trinajstić information content (AvgIpc) is 2.75. The molecule has 1 aromatic carbocycles. The van der Waals surface area contributed by atoms with Crippen molar-refractivity contribution in [3.63, 3.8) is 0 Å². The van der Waals surface area contributed by atoms with Crippen LogP contribution in [0.2, 0.25) is 5.02 Å². The third kappa shape index (κ3) is 4.61. The number of benzene rings is 1. The topological polar surface area (TPSA) is 102 Å². The zero-order valence-corrected chi connectivity index (χ0v) is 18.7. The van der Waals surface area contributed by atoms with Gasteiger partial charge < -0.3 is 19.5 Å². The minimum Gasteiger partial charge on any atom is -0.481 e. The number of pyridine rings is 2. The fourth-order valence-corrected chi connectivity index (χ4v) is 3.94. The number of carboxylic acids is 1. The van der Waals surface area contributed by atoms with Crippen LogP contribution in [0.15, 0.2) is 35.3 Å². The molecular weight excluding hydrogens is 439 g/mol. The number of rotatable bonds is 8. The van der Waals surface area contributed by atoms with Gasteiger partial charge >= 0.3 is 5.97 Å². The predicted molar refractivity (Wildman–Crippen MR) is 119 cm³/mol. The minimum absolute atomic E-state index is 0.0324. The SMILES string of the molecule is COc1nc2c(cc1Cc1cccc(Cl)c1F)c(=O)c(C(=O)O)cn2[C@H](CO)CC(C)C. The summed E-state index contributed by atoms with van der Waals surface area (Å²) >= 11 is 5.88. The first-order valence-corrected chi connectivity index (χ1v) is 10.5. The van der Waals surface area contributed by atoms with E-state index < -0.39 is 28.8 Å². The van der Waals surface area contributed by atoms with E-state index >= 15 is 0 Å². The lowest BCUT2D eigenvalue weighted by Crippen LogP contribution is -2.24. The summed E-state index contributed by atoms with van der Waals surface area (Å²) in [6, 6.07) is 5.56. The van der Waals surface area contributed by atoms with Gasteiger partial charge in [0.05, 0.1) is 30.2 Å². The molecule has 0 saturated carbocycles. The van der Waals surface area contributed by atoms with E-state index in [1.807, 2.05) is 13.8 Å². The van der Waals surface area contributed by atoms with Crippen molar-refractivity contribution in [3.05, 3.63) is 68.2 Å². The molecule has 170 valence electrons. The summed E-state index contributed by atoms with van der Waals surface area (Å²) in [4.78, 5) is 29.2. The van der Waals surface area contributed by atoms with Crippen molar-refractivity contribution < 1.29 is 24.1 Å². The van der Waals surface area contributed by atoms with Crippen LogP contribution in [0.1, 0.15) is 47.8 Å². The Morgan fingerprint density at radius 1 is 1.31 bits per heavy atom. The van der Waals surface area contributed by atoms with Gasteiger partial charge in [-0.15, -0.1) is 0 Å². The van der Waals surface area contributed by atoms with Crippen LogP contribution in [0.3, 0.4) is 0 Å². The van der Waals surface area contributed by atoms with Crippen molar-refractivity contribution in [2.45, 2.75) is 32.7 Å². The number of aromatic nitrogens is 2. The van der Waals surface area contributed by atoms with Crippen LogP contribution in [-0.2, 0) is 6.42 Å². The summed E-state index contributed by atoms with van der Waals surface area (Å²) in [6.45, 7) is 3.67. The van der Waals surface area contributed by atoms with E-state index in [0.29, 0.717) is 12.0 Å². The Kier molecular flexibility index (Phi) is 7.16. The van der Waals surface area contributed by atoms with Crippen LogP contribution in [-0.4, -0.2) is 39.5 Å². The van der Waals surface area contributed by atoms with Crippen molar-refractivity contribution >= 4 is 28.6 Å². The second kappa shape index (κ2) is 9.67. The van der Waals surface area contributed by atoms with Crippen molar-refractivity contribution in [3.8, 4) is 5.88 Å². The Labute approximate surface area is 189 Å². The molecule has 2 aromatic heterocycles. The average molecular weight is 463 g/mol. The highest BCUT2D eigenvalue weighted by atomic mass is 35.5. The Balaban J connectivity index is 2.29. The van der Waals surface area contributed by atoms with Gasteiger partial charge in [-0.1, -0.05) is 37.6 Å². The summed E-state index contributed by atoms with van der Waals surface area (Å²) in [5, 5.41) is 19.5. The third-order valence-corrected chi connectivity index (χ3v) is 5.52. The monoisotopic (exact) mass is 462 g/mol. The number of methoxy groups -OCH3 is 1. The molecule has 3 aromatic rings. The summed E-state index contributed by atoms with van der Waals surface area (Å²) < 4.78 is 21.4. The van der Waals surface area contributed by atoms with E-state index in [9.17, 15) is 24.2 Å². The van der Waals surface area contributed by atoms with Crippen LogP contribution >= 0.6 is 11.6 Å². The molecule has 2 N–H and O–H groups in total. The maximum absolute atomic E-state index is 14.5. The lowest BCUT2D eigenvalue weighted by atomic mass is 10.0. The number of fused-ring (bicyclic) bond motifs is 1. The molecule has 0 aliphatic rings. The normalized spacial score (nSPS) is 12.3. The molecule has 1 atom stereocenters. The van der Waals surface area contributed by atoms with Crippen molar-refractivity contribution in [2.24, 2.45) is 5.92 Å². The van der Waals surface area contributed by atoms with Crippen LogP contribution in [0.4, 0.5) is 4.39 Å².